The predicted octanol–water partition coefficient (Wildman–Crippen LogP) is 5.21. The first-order valence-electron chi connectivity index (χ1n) is 9.84. The van der Waals surface area contributed by atoms with Crippen LogP contribution in [0, 0.1) is 0 Å². The van der Waals surface area contributed by atoms with Gasteiger partial charge in [0.25, 0.3) is 0 Å². The van der Waals surface area contributed by atoms with Crippen LogP contribution in [0.2, 0.25) is 10.0 Å². The Balaban J connectivity index is 1.67. The number of hydrogen-bond donors (Lipinski definition) is 1. The number of benzene rings is 2. The van der Waals surface area contributed by atoms with Crippen LogP contribution in [0.1, 0.15) is 30.9 Å². The van der Waals surface area contributed by atoms with Gasteiger partial charge in [-0.3, -0.25) is 4.79 Å². The summed E-state index contributed by atoms with van der Waals surface area (Å²) in [6, 6.07) is 12.9. The Labute approximate surface area is 181 Å². The van der Waals surface area contributed by atoms with Crippen LogP contribution in [0.5, 0.6) is 0 Å². The normalized spacial score (nSPS) is 13.0. The highest BCUT2D eigenvalue weighted by atomic mass is 35.5. The zero-order valence-electron chi connectivity index (χ0n) is 16.5. The fourth-order valence-electron chi connectivity index (χ4n) is 3.37. The quantitative estimate of drug-likeness (QED) is 0.679. The molecule has 1 N–H and O–H groups in total. The van der Waals surface area contributed by atoms with Crippen LogP contribution in [-0.2, 0) is 17.8 Å². The van der Waals surface area contributed by atoms with Gasteiger partial charge in [0.2, 0.25) is 5.91 Å². The second kappa shape index (κ2) is 9.99. The maximum absolute atomic E-state index is 12.9. The van der Waals surface area contributed by atoms with Crippen molar-refractivity contribution in [3.05, 3.63) is 63.6 Å². The van der Waals surface area contributed by atoms with Crippen LogP contribution in [0.4, 0.5) is 10.5 Å². The molecule has 29 heavy (non-hydrogen) atoms. The summed E-state index contributed by atoms with van der Waals surface area (Å²) in [6.07, 6.45) is 2.57. The highest BCUT2D eigenvalue weighted by molar-refractivity contribution is 6.43. The fraction of sp³-hybridized carbons (Fsp3) is 0.364. The molecule has 3 amide bonds. The summed E-state index contributed by atoms with van der Waals surface area (Å²) in [5.41, 5.74) is 2.89. The van der Waals surface area contributed by atoms with Gasteiger partial charge in [0.05, 0.1) is 15.7 Å². The van der Waals surface area contributed by atoms with Gasteiger partial charge >= 0.3 is 6.03 Å². The van der Waals surface area contributed by atoms with Gasteiger partial charge < -0.3 is 15.1 Å². The molecule has 0 spiro atoms. The van der Waals surface area contributed by atoms with E-state index >= 15 is 0 Å². The Morgan fingerprint density at radius 1 is 1.10 bits per heavy atom. The van der Waals surface area contributed by atoms with Crippen LogP contribution < -0.4 is 5.32 Å². The number of anilines is 1. The average Bonchev–Trinajstić information content (AvgIpc) is 2.73. The van der Waals surface area contributed by atoms with E-state index in [9.17, 15) is 9.59 Å². The number of rotatable bonds is 6. The minimum Gasteiger partial charge on any atom is -0.336 e. The van der Waals surface area contributed by atoms with Crippen molar-refractivity contribution >= 4 is 40.8 Å². The Hall–Kier alpha value is -2.24. The highest BCUT2D eigenvalue weighted by Gasteiger charge is 2.24. The first-order chi connectivity index (χ1) is 14.0. The highest BCUT2D eigenvalue weighted by Crippen LogP contribution is 2.29. The SMILES string of the molecule is CCCCN(CC(=O)N1CCc2ccccc2C1)C(=O)Nc1cccc(Cl)c1Cl. The topological polar surface area (TPSA) is 52.7 Å². The van der Waals surface area contributed by atoms with Crippen LogP contribution in [0.15, 0.2) is 42.5 Å². The third kappa shape index (κ3) is 5.43. The van der Waals surface area contributed by atoms with Crippen molar-refractivity contribution < 1.29 is 9.59 Å². The van der Waals surface area contributed by atoms with Gasteiger partial charge in [-0.1, -0.05) is 66.9 Å². The van der Waals surface area contributed by atoms with Crippen LogP contribution in [0.25, 0.3) is 0 Å². The number of amides is 3. The average molecular weight is 434 g/mol. The summed E-state index contributed by atoms with van der Waals surface area (Å²) >= 11 is 12.2. The van der Waals surface area contributed by atoms with Gasteiger partial charge in [0, 0.05) is 19.6 Å². The third-order valence-corrected chi connectivity index (χ3v) is 5.89. The minimum absolute atomic E-state index is 0.0339. The first-order valence-corrected chi connectivity index (χ1v) is 10.6. The summed E-state index contributed by atoms with van der Waals surface area (Å²) < 4.78 is 0. The Morgan fingerprint density at radius 2 is 1.86 bits per heavy atom. The van der Waals surface area contributed by atoms with Crippen molar-refractivity contribution in [3.63, 3.8) is 0 Å². The molecule has 5 nitrogen and oxygen atoms in total. The number of halogens is 2. The standard InChI is InChI=1S/C22H25Cl2N3O2/c1-2-3-12-27(22(29)25-19-10-6-9-18(23)21(19)24)15-20(28)26-13-11-16-7-4-5-8-17(16)14-26/h4-10H,2-3,11-15H2,1H3,(H,25,29). The van der Waals surface area contributed by atoms with E-state index in [0.29, 0.717) is 30.3 Å². The smallest absolute Gasteiger partial charge is 0.322 e. The second-order valence-corrected chi connectivity index (χ2v) is 7.93. The molecule has 2 aromatic rings. The van der Waals surface area contributed by atoms with E-state index in [-0.39, 0.29) is 23.5 Å². The number of carbonyl (C=O) groups is 2. The van der Waals surface area contributed by atoms with Gasteiger partial charge in [0.1, 0.15) is 6.54 Å². The van der Waals surface area contributed by atoms with E-state index in [0.717, 1.165) is 19.3 Å². The van der Waals surface area contributed by atoms with E-state index < -0.39 is 0 Å². The lowest BCUT2D eigenvalue weighted by atomic mass is 10.00. The van der Waals surface area contributed by atoms with Crippen molar-refractivity contribution in [3.8, 4) is 0 Å². The third-order valence-electron chi connectivity index (χ3n) is 5.07. The number of unbranched alkanes of at least 4 members (excludes halogenated alkanes) is 1. The maximum atomic E-state index is 12.9. The fourth-order valence-corrected chi connectivity index (χ4v) is 3.72. The summed E-state index contributed by atoms with van der Waals surface area (Å²) in [6.45, 7) is 3.83. The lowest BCUT2D eigenvalue weighted by Gasteiger charge is -2.31. The second-order valence-electron chi connectivity index (χ2n) is 7.14. The molecule has 1 aliphatic rings. The zero-order valence-corrected chi connectivity index (χ0v) is 18.0. The van der Waals surface area contributed by atoms with Gasteiger partial charge in [0.15, 0.2) is 0 Å². The molecular weight excluding hydrogens is 409 g/mol. The summed E-state index contributed by atoms with van der Waals surface area (Å²) in [7, 11) is 0. The van der Waals surface area contributed by atoms with Gasteiger partial charge in [-0.25, -0.2) is 4.79 Å². The molecule has 0 unspecified atom stereocenters. The van der Waals surface area contributed by atoms with E-state index in [1.54, 1.807) is 23.1 Å². The van der Waals surface area contributed by atoms with Crippen LogP contribution in [0.3, 0.4) is 0 Å². The van der Waals surface area contributed by atoms with E-state index in [4.69, 9.17) is 23.2 Å². The molecule has 1 heterocycles. The molecule has 0 aliphatic carbocycles. The molecule has 0 atom stereocenters. The lowest BCUT2D eigenvalue weighted by Crippen LogP contribution is -2.46. The number of nitrogens with one attached hydrogen (secondary N) is 1. The molecule has 7 heteroatoms. The Bertz CT molecular complexity index is 888. The molecule has 0 fully saturated rings. The van der Waals surface area contributed by atoms with Crippen LogP contribution >= 0.6 is 23.2 Å². The largest absolute Gasteiger partial charge is 0.336 e. The van der Waals surface area contributed by atoms with E-state index in [2.05, 4.69) is 17.4 Å². The zero-order chi connectivity index (χ0) is 20.8. The monoisotopic (exact) mass is 433 g/mol. The van der Waals surface area contributed by atoms with Crippen LogP contribution in [-0.4, -0.2) is 41.4 Å². The van der Waals surface area contributed by atoms with Crippen molar-refractivity contribution in [2.75, 3.05) is 25.0 Å². The molecule has 0 aromatic heterocycles. The lowest BCUT2D eigenvalue weighted by molar-refractivity contribution is -0.132. The minimum atomic E-state index is -0.353. The molecule has 2 aromatic carbocycles. The summed E-state index contributed by atoms with van der Waals surface area (Å²) in [5.74, 6) is -0.0528. The van der Waals surface area contributed by atoms with Gasteiger partial charge in [-0.05, 0) is 36.1 Å². The molecule has 0 bridgehead atoms. The van der Waals surface area contributed by atoms with Crippen molar-refractivity contribution in [1.82, 2.24) is 9.80 Å². The Kier molecular flexibility index (Phi) is 7.40. The molecule has 0 radical (unpaired) electrons. The molecule has 1 aliphatic heterocycles. The van der Waals surface area contributed by atoms with Gasteiger partial charge in [-0.15, -0.1) is 0 Å². The van der Waals surface area contributed by atoms with Crippen molar-refractivity contribution in [1.29, 1.82) is 0 Å². The predicted molar refractivity (Wildman–Crippen MR) is 118 cm³/mol. The van der Waals surface area contributed by atoms with Crippen molar-refractivity contribution in [2.24, 2.45) is 0 Å². The molecule has 3 rings (SSSR count). The molecule has 0 saturated heterocycles. The summed E-state index contributed by atoms with van der Waals surface area (Å²) in [5, 5.41) is 3.44. The number of hydrogen-bond acceptors (Lipinski definition) is 2. The van der Waals surface area contributed by atoms with Gasteiger partial charge in [-0.2, -0.15) is 0 Å². The van der Waals surface area contributed by atoms with E-state index in [1.807, 2.05) is 24.0 Å². The number of carbonyl (C=O) groups excluding carboxylic acids is 2. The molecule has 0 saturated carbocycles. The Morgan fingerprint density at radius 3 is 2.62 bits per heavy atom. The molecular formula is C22H25Cl2N3O2. The van der Waals surface area contributed by atoms with E-state index in [1.165, 1.54) is 11.1 Å². The number of fused-ring (bicyclic) bond motifs is 1. The molecule has 154 valence electrons. The van der Waals surface area contributed by atoms with Crippen molar-refractivity contribution in [2.45, 2.75) is 32.7 Å². The summed E-state index contributed by atoms with van der Waals surface area (Å²) in [4.78, 5) is 29.1. The number of nitrogens with zero attached hydrogens (tertiary/aromatic N) is 2. The number of urea groups is 1. The first kappa shape index (κ1) is 21.5. The maximum Gasteiger partial charge on any atom is 0.322 e.